The molecule has 2 atom stereocenters. The van der Waals surface area contributed by atoms with E-state index >= 15 is 0 Å². The van der Waals surface area contributed by atoms with Crippen molar-refractivity contribution in [2.75, 3.05) is 6.54 Å². The zero-order valence-corrected chi connectivity index (χ0v) is 13.4. The highest BCUT2D eigenvalue weighted by atomic mass is 19.3. The first-order chi connectivity index (χ1) is 12.0. The fourth-order valence-corrected chi connectivity index (χ4v) is 3.28. The highest BCUT2D eigenvalue weighted by Crippen LogP contribution is 2.39. The molecule has 1 aliphatic carbocycles. The molecule has 1 aliphatic heterocycles. The van der Waals surface area contributed by atoms with Crippen LogP contribution >= 0.6 is 0 Å². The van der Waals surface area contributed by atoms with Gasteiger partial charge in [-0.25, -0.2) is 22.8 Å². The van der Waals surface area contributed by atoms with Crippen LogP contribution in [0.1, 0.15) is 53.5 Å². The van der Waals surface area contributed by atoms with Crippen molar-refractivity contribution in [3.8, 4) is 0 Å². The second-order valence-electron chi connectivity index (χ2n) is 6.45. The van der Waals surface area contributed by atoms with Crippen molar-refractivity contribution in [3.05, 3.63) is 47.5 Å². The van der Waals surface area contributed by atoms with Gasteiger partial charge in [0.05, 0.1) is 12.6 Å². The second-order valence-corrected chi connectivity index (χ2v) is 6.45. The van der Waals surface area contributed by atoms with Crippen LogP contribution in [0.15, 0.2) is 30.3 Å². The number of aromatic nitrogens is 3. The Morgan fingerprint density at radius 3 is 2.64 bits per heavy atom. The first kappa shape index (κ1) is 16.1. The number of rotatable bonds is 5. The Hall–Kier alpha value is -2.38. The largest absolute Gasteiger partial charge is 0.327 e. The molecule has 25 heavy (non-hydrogen) atoms. The van der Waals surface area contributed by atoms with Crippen molar-refractivity contribution in [2.45, 2.75) is 43.9 Å². The third kappa shape index (κ3) is 3.01. The molecule has 2 aliphatic rings. The molecule has 1 saturated carbocycles. The number of hydrogen-bond acceptors (Lipinski definition) is 3. The molecule has 1 fully saturated rings. The van der Waals surface area contributed by atoms with E-state index < -0.39 is 25.0 Å². The van der Waals surface area contributed by atoms with Crippen LogP contribution in [0.5, 0.6) is 0 Å². The number of nitrogens with zero attached hydrogens (tertiary/aromatic N) is 4. The van der Waals surface area contributed by atoms with Gasteiger partial charge in [-0.05, 0) is 18.4 Å². The van der Waals surface area contributed by atoms with Gasteiger partial charge in [0.25, 0.3) is 12.3 Å². The summed E-state index contributed by atoms with van der Waals surface area (Å²) in [5, 5.41) is 4.17. The van der Waals surface area contributed by atoms with Gasteiger partial charge < -0.3 is 4.90 Å². The Labute approximate surface area is 142 Å². The number of amides is 1. The Morgan fingerprint density at radius 2 is 2.00 bits per heavy atom. The minimum atomic E-state index is -2.62. The van der Waals surface area contributed by atoms with Crippen LogP contribution in [0.2, 0.25) is 0 Å². The summed E-state index contributed by atoms with van der Waals surface area (Å²) in [6.07, 6.45) is -2.35. The monoisotopic (exact) mass is 350 g/mol. The molecular weight excluding hydrogens is 333 g/mol. The Bertz CT molecular complexity index is 775. The molecule has 2 aromatic rings. The van der Waals surface area contributed by atoms with Crippen LogP contribution in [0, 0.1) is 0 Å². The first-order valence-corrected chi connectivity index (χ1v) is 8.29. The van der Waals surface area contributed by atoms with E-state index in [1.807, 2.05) is 30.3 Å². The quantitative estimate of drug-likeness (QED) is 0.832. The predicted molar refractivity (Wildman–Crippen MR) is 83.1 cm³/mol. The maximum Gasteiger partial charge on any atom is 0.293 e. The highest BCUT2D eigenvalue weighted by molar-refractivity contribution is 5.91. The van der Waals surface area contributed by atoms with Crippen molar-refractivity contribution in [3.63, 3.8) is 0 Å². The van der Waals surface area contributed by atoms with Crippen LogP contribution in [-0.2, 0) is 0 Å². The van der Waals surface area contributed by atoms with Crippen LogP contribution in [-0.4, -0.2) is 44.6 Å². The van der Waals surface area contributed by atoms with E-state index in [2.05, 4.69) is 10.1 Å². The molecule has 0 radical (unpaired) electrons. The molecule has 1 aromatic carbocycles. The molecule has 0 spiro atoms. The number of fused-ring (bicyclic) bond motifs is 1. The summed E-state index contributed by atoms with van der Waals surface area (Å²) in [5.74, 6) is -0.764. The Balaban J connectivity index is 1.63. The van der Waals surface area contributed by atoms with Gasteiger partial charge >= 0.3 is 0 Å². The van der Waals surface area contributed by atoms with Crippen LogP contribution in [0.25, 0.3) is 0 Å². The lowest BCUT2D eigenvalue weighted by Gasteiger charge is -2.20. The third-order valence-corrected chi connectivity index (χ3v) is 4.62. The predicted octanol–water partition coefficient (Wildman–Crippen LogP) is 3.15. The molecule has 0 bridgehead atoms. The average Bonchev–Trinajstić information content (AvgIpc) is 3.27. The summed E-state index contributed by atoms with van der Waals surface area (Å²) >= 11 is 0. The minimum Gasteiger partial charge on any atom is -0.327 e. The van der Waals surface area contributed by atoms with Gasteiger partial charge in [0, 0.05) is 12.5 Å². The van der Waals surface area contributed by atoms with Crippen molar-refractivity contribution in [1.29, 1.82) is 0 Å². The SMILES string of the molecule is O=C(c1nc2n(n1)C(c1ccccc1)CC2F)N(CC(F)F)C1CC1. The zero-order valence-electron chi connectivity index (χ0n) is 13.4. The van der Waals surface area contributed by atoms with Crippen LogP contribution in [0.3, 0.4) is 0 Å². The molecule has 2 heterocycles. The van der Waals surface area contributed by atoms with E-state index in [0.717, 1.165) is 10.5 Å². The third-order valence-electron chi connectivity index (χ3n) is 4.62. The highest BCUT2D eigenvalue weighted by Gasteiger charge is 2.40. The number of benzene rings is 1. The summed E-state index contributed by atoms with van der Waals surface area (Å²) in [6, 6.07) is 8.75. The van der Waals surface area contributed by atoms with Crippen molar-refractivity contribution < 1.29 is 18.0 Å². The van der Waals surface area contributed by atoms with Gasteiger partial charge in [-0.3, -0.25) is 4.79 Å². The lowest BCUT2D eigenvalue weighted by atomic mass is 10.0. The molecule has 0 N–H and O–H groups in total. The molecule has 5 nitrogen and oxygen atoms in total. The van der Waals surface area contributed by atoms with Crippen LogP contribution < -0.4 is 0 Å². The Morgan fingerprint density at radius 1 is 1.28 bits per heavy atom. The minimum absolute atomic E-state index is 0.0880. The molecule has 1 aromatic heterocycles. The molecule has 4 rings (SSSR count). The molecule has 2 unspecified atom stereocenters. The second kappa shape index (κ2) is 6.16. The zero-order chi connectivity index (χ0) is 17.6. The summed E-state index contributed by atoms with van der Waals surface area (Å²) in [5.41, 5.74) is 0.874. The summed E-state index contributed by atoms with van der Waals surface area (Å²) < 4.78 is 41.3. The van der Waals surface area contributed by atoms with Crippen molar-refractivity contribution in [1.82, 2.24) is 19.7 Å². The van der Waals surface area contributed by atoms with Gasteiger partial charge in [-0.15, -0.1) is 5.10 Å². The van der Waals surface area contributed by atoms with E-state index in [1.54, 1.807) is 0 Å². The van der Waals surface area contributed by atoms with E-state index in [1.165, 1.54) is 4.68 Å². The summed E-state index contributed by atoms with van der Waals surface area (Å²) in [7, 11) is 0. The lowest BCUT2D eigenvalue weighted by molar-refractivity contribution is 0.0523. The van der Waals surface area contributed by atoms with E-state index in [-0.39, 0.29) is 30.2 Å². The summed E-state index contributed by atoms with van der Waals surface area (Å²) in [6.45, 7) is -0.644. The molecule has 1 amide bonds. The molecular formula is C17H17F3N4O. The maximum absolute atomic E-state index is 14.3. The smallest absolute Gasteiger partial charge is 0.293 e. The van der Waals surface area contributed by atoms with Gasteiger partial charge in [0.1, 0.15) is 0 Å². The fourth-order valence-electron chi connectivity index (χ4n) is 3.28. The first-order valence-electron chi connectivity index (χ1n) is 8.29. The van der Waals surface area contributed by atoms with Gasteiger partial charge in [-0.1, -0.05) is 30.3 Å². The topological polar surface area (TPSA) is 51.0 Å². The standard InChI is InChI=1S/C17H17F3N4O/c18-12-8-13(10-4-2-1-3-5-10)24-16(12)21-15(22-24)17(25)23(9-14(19)20)11-6-7-11/h1-5,11-14H,6-9H2. The number of halogens is 3. The Kier molecular flexibility index (Phi) is 3.97. The average molecular weight is 350 g/mol. The maximum atomic E-state index is 14.3. The van der Waals surface area contributed by atoms with Crippen molar-refractivity contribution in [2.24, 2.45) is 0 Å². The van der Waals surface area contributed by atoms with Crippen LogP contribution in [0.4, 0.5) is 13.2 Å². The normalized spacial score (nSPS) is 22.2. The van der Waals surface area contributed by atoms with Gasteiger partial charge in [-0.2, -0.15) is 0 Å². The van der Waals surface area contributed by atoms with E-state index in [0.29, 0.717) is 12.8 Å². The van der Waals surface area contributed by atoms with Gasteiger partial charge in [0.2, 0.25) is 5.82 Å². The molecule has 0 saturated heterocycles. The number of carbonyl (C=O) groups is 1. The van der Waals surface area contributed by atoms with Gasteiger partial charge in [0.15, 0.2) is 12.0 Å². The molecule has 8 heteroatoms. The number of alkyl halides is 3. The van der Waals surface area contributed by atoms with E-state index in [4.69, 9.17) is 0 Å². The fraction of sp³-hybridized carbons (Fsp3) is 0.471. The summed E-state index contributed by atoms with van der Waals surface area (Å²) in [4.78, 5) is 17.7. The van der Waals surface area contributed by atoms with E-state index in [9.17, 15) is 18.0 Å². The molecule has 132 valence electrons. The number of carbonyl (C=O) groups excluding carboxylic acids is 1. The van der Waals surface area contributed by atoms with Crippen molar-refractivity contribution >= 4 is 5.91 Å². The lowest BCUT2D eigenvalue weighted by Crippen LogP contribution is -2.37. The number of hydrogen-bond donors (Lipinski definition) is 0.